The van der Waals surface area contributed by atoms with E-state index in [1.54, 1.807) is 6.08 Å². The Hall–Kier alpha value is -2.56. The summed E-state index contributed by atoms with van der Waals surface area (Å²) in [5.74, 6) is -0.845. The van der Waals surface area contributed by atoms with E-state index in [0.717, 1.165) is 96.0 Å². The van der Waals surface area contributed by atoms with E-state index >= 15 is 0 Å². The van der Waals surface area contributed by atoms with Gasteiger partial charge >= 0.3 is 25.7 Å². The summed E-state index contributed by atoms with van der Waals surface area (Å²) in [5.41, 5.74) is 0. The van der Waals surface area contributed by atoms with Gasteiger partial charge in [-0.15, -0.1) is 0 Å². The molecule has 0 radical (unpaired) electrons. The van der Waals surface area contributed by atoms with Crippen LogP contribution in [0.2, 0.25) is 0 Å². The number of phosphoric ester groups is 1. The average Bonchev–Trinajstić information content (AvgIpc) is 0.760. The van der Waals surface area contributed by atoms with Crippen LogP contribution in [-0.4, -0.2) is 204 Å². The zero-order valence-electron chi connectivity index (χ0n) is 63.0. The SMILES string of the molecule is CCCCCCCCCCCCC/C=C/C=C/C(=O)OCC1OC(OC2C(O)C(O)C(O)C(OC3OC(CO)C(O)C(O)C3O)C2OP(=O)(O)OCC(COC(=O)CCCCCCCCC(C)CCCCCCCC)OC(=O)CCCCCCCCC(C)CCCCCCCC)C(O)C(O)C1O. The summed E-state index contributed by atoms with van der Waals surface area (Å²) in [5, 5.41) is 110. The lowest BCUT2D eigenvalue weighted by Gasteiger charge is -2.49. The lowest BCUT2D eigenvalue weighted by Crippen LogP contribution is -2.69. The van der Waals surface area contributed by atoms with Crippen molar-refractivity contribution in [2.75, 3.05) is 26.4 Å². The third-order valence-corrected chi connectivity index (χ3v) is 21.1. The van der Waals surface area contributed by atoms with Gasteiger partial charge in [0.1, 0.15) is 98.7 Å². The van der Waals surface area contributed by atoms with E-state index in [2.05, 4.69) is 34.6 Å². The van der Waals surface area contributed by atoms with Crippen LogP contribution in [0, 0.1) is 11.8 Å². The molecule has 3 rings (SSSR count). The zero-order valence-corrected chi connectivity index (χ0v) is 63.9. The number of aliphatic hydroxyl groups excluding tert-OH is 10. The van der Waals surface area contributed by atoms with Crippen molar-refractivity contribution in [2.45, 2.75) is 408 Å². The molecule has 0 aromatic heterocycles. The molecule has 20 atom stereocenters. The smallest absolute Gasteiger partial charge is 0.462 e. The highest BCUT2D eigenvalue weighted by Crippen LogP contribution is 2.49. The van der Waals surface area contributed by atoms with Crippen molar-refractivity contribution >= 4 is 25.7 Å². The van der Waals surface area contributed by atoms with Crippen LogP contribution in [0.1, 0.15) is 304 Å². The summed E-state index contributed by atoms with van der Waals surface area (Å²) in [4.78, 5) is 51.1. The van der Waals surface area contributed by atoms with Gasteiger partial charge in [0.15, 0.2) is 18.7 Å². The Bertz CT molecular complexity index is 2230. The van der Waals surface area contributed by atoms with Crippen LogP contribution in [0.3, 0.4) is 0 Å². The summed E-state index contributed by atoms with van der Waals surface area (Å²) in [6.07, 6.45) is 15.8. The summed E-state index contributed by atoms with van der Waals surface area (Å²) in [7, 11) is -5.71. The van der Waals surface area contributed by atoms with Crippen molar-refractivity contribution in [2.24, 2.45) is 11.8 Å². The molecule has 0 bridgehead atoms. The van der Waals surface area contributed by atoms with Gasteiger partial charge in [0.05, 0.1) is 13.2 Å². The van der Waals surface area contributed by atoms with Gasteiger partial charge in [-0.1, -0.05) is 284 Å². The zero-order chi connectivity index (χ0) is 74.9. The van der Waals surface area contributed by atoms with Crippen LogP contribution in [0.4, 0.5) is 0 Å². The first kappa shape index (κ1) is 93.6. The molecule has 25 heteroatoms. The molecule has 0 aromatic rings. The van der Waals surface area contributed by atoms with Gasteiger partial charge in [-0.2, -0.15) is 0 Å². The molecule has 598 valence electrons. The number of rotatable bonds is 61. The number of hydrogen-bond acceptors (Lipinski definition) is 23. The van der Waals surface area contributed by atoms with E-state index in [1.807, 2.05) is 6.08 Å². The van der Waals surface area contributed by atoms with E-state index in [-0.39, 0.29) is 12.8 Å². The van der Waals surface area contributed by atoms with Crippen LogP contribution >= 0.6 is 7.82 Å². The maximum absolute atomic E-state index is 14.4. The number of unbranched alkanes of at least 4 members (excludes halogenated alkanes) is 31. The highest BCUT2D eigenvalue weighted by Gasteiger charge is 2.58. The standard InChI is InChI=1S/C77H141O24P/c1-6-9-12-15-18-19-20-21-22-23-24-25-26-35-43-50-62(80)94-55-60-65(83)67(85)72(90)77(98-60)100-74-70(88)68(86)69(87)73(99-76-71(89)66(84)64(82)59(52-78)97-76)75(74)101-102(91,92)95-54-58(96-63(81)51-44-37-30-28-34-41-48-57(5)46-39-32-17-14-11-8-3)53-93-61(79)49-42-36-29-27-33-40-47-56(4)45-38-31-16-13-10-7-2/h26,35,43,50,56-60,64-78,82-90H,6-25,27-34,36-42,44-49,51-55H2,1-5H3,(H,91,92)/b35-26+,50-43+. The Morgan fingerprint density at radius 1 is 0.431 bits per heavy atom. The summed E-state index contributed by atoms with van der Waals surface area (Å²) < 4.78 is 65.0. The molecule has 2 saturated heterocycles. The second-order valence-corrected chi connectivity index (χ2v) is 30.8. The number of aliphatic hydroxyl groups is 10. The Morgan fingerprint density at radius 2 is 0.814 bits per heavy atom. The normalized spacial score (nSPS) is 27.8. The first-order valence-electron chi connectivity index (χ1n) is 39.9. The van der Waals surface area contributed by atoms with Crippen molar-refractivity contribution in [3.8, 4) is 0 Å². The van der Waals surface area contributed by atoms with Crippen LogP contribution in [0.5, 0.6) is 0 Å². The van der Waals surface area contributed by atoms with Gasteiger partial charge < -0.3 is 89.1 Å². The molecule has 0 spiro atoms. The maximum atomic E-state index is 14.4. The van der Waals surface area contributed by atoms with Gasteiger partial charge in [-0.25, -0.2) is 9.36 Å². The lowest BCUT2D eigenvalue weighted by molar-refractivity contribution is -0.360. The van der Waals surface area contributed by atoms with Crippen LogP contribution < -0.4 is 0 Å². The first-order chi connectivity index (χ1) is 49.1. The Kier molecular flexibility index (Phi) is 52.0. The molecule has 0 aromatic carbocycles. The second kappa shape index (κ2) is 56.7. The molecular formula is C77H141O24P. The number of ether oxygens (including phenoxy) is 7. The van der Waals surface area contributed by atoms with Crippen LogP contribution in [0.25, 0.3) is 0 Å². The van der Waals surface area contributed by atoms with E-state index in [1.165, 1.54) is 160 Å². The molecule has 1 aliphatic carbocycles. The number of allylic oxidation sites excluding steroid dienone is 3. The maximum Gasteiger partial charge on any atom is 0.472 e. The molecule has 11 N–H and O–H groups in total. The minimum atomic E-state index is -5.71. The topological polar surface area (TPSA) is 374 Å². The van der Waals surface area contributed by atoms with E-state index in [4.69, 9.17) is 42.2 Å². The fraction of sp³-hybridized carbons (Fsp3) is 0.909. The van der Waals surface area contributed by atoms with Gasteiger partial charge in [0.2, 0.25) is 0 Å². The number of carbonyl (C=O) groups is 3. The van der Waals surface area contributed by atoms with Gasteiger partial charge in [-0.3, -0.25) is 18.6 Å². The van der Waals surface area contributed by atoms with Crippen LogP contribution in [0.15, 0.2) is 24.3 Å². The fourth-order valence-corrected chi connectivity index (χ4v) is 14.4. The predicted molar refractivity (Wildman–Crippen MR) is 388 cm³/mol. The lowest BCUT2D eigenvalue weighted by atomic mass is 9.84. The Balaban J connectivity index is 1.75. The molecule has 3 fully saturated rings. The highest BCUT2D eigenvalue weighted by molar-refractivity contribution is 7.47. The third-order valence-electron chi connectivity index (χ3n) is 20.1. The van der Waals surface area contributed by atoms with Crippen molar-refractivity contribution in [1.29, 1.82) is 0 Å². The molecule has 1 saturated carbocycles. The van der Waals surface area contributed by atoms with E-state index < -0.39 is 156 Å². The van der Waals surface area contributed by atoms with Gasteiger partial charge in [-0.05, 0) is 37.5 Å². The van der Waals surface area contributed by atoms with Crippen LogP contribution in [-0.2, 0) is 61.2 Å². The van der Waals surface area contributed by atoms with Crippen molar-refractivity contribution < 1.29 is 117 Å². The molecule has 102 heavy (non-hydrogen) atoms. The summed E-state index contributed by atoms with van der Waals surface area (Å²) >= 11 is 0. The first-order valence-corrected chi connectivity index (χ1v) is 41.4. The van der Waals surface area contributed by atoms with Gasteiger partial charge in [0, 0.05) is 18.9 Å². The average molecular weight is 1480 g/mol. The Labute approximate surface area is 611 Å². The second-order valence-electron chi connectivity index (χ2n) is 29.4. The number of phosphoric acid groups is 1. The minimum absolute atomic E-state index is 0.0421. The monoisotopic (exact) mass is 1480 g/mol. The third kappa shape index (κ3) is 39.5. The largest absolute Gasteiger partial charge is 0.472 e. The number of esters is 3. The van der Waals surface area contributed by atoms with E-state index in [0.29, 0.717) is 24.7 Å². The highest BCUT2D eigenvalue weighted by atomic mass is 31.2. The van der Waals surface area contributed by atoms with Crippen molar-refractivity contribution in [3.63, 3.8) is 0 Å². The Morgan fingerprint density at radius 3 is 1.25 bits per heavy atom. The summed E-state index contributed by atoms with van der Waals surface area (Å²) in [6.45, 7) is 8.03. The van der Waals surface area contributed by atoms with E-state index in [9.17, 15) is 74.9 Å². The molecule has 20 unspecified atom stereocenters. The molecule has 24 nitrogen and oxygen atoms in total. The molecule has 0 amide bonds. The van der Waals surface area contributed by atoms with Crippen molar-refractivity contribution in [3.05, 3.63) is 24.3 Å². The predicted octanol–water partition coefficient (Wildman–Crippen LogP) is 11.8. The molecule has 2 aliphatic heterocycles. The molecular weight excluding hydrogens is 1340 g/mol. The number of hydrogen-bond donors (Lipinski definition) is 11. The molecule has 3 aliphatic rings. The fourth-order valence-electron chi connectivity index (χ4n) is 13.5. The number of carbonyl (C=O) groups excluding carboxylic acids is 3. The van der Waals surface area contributed by atoms with Crippen molar-refractivity contribution in [1.82, 2.24) is 0 Å². The van der Waals surface area contributed by atoms with Gasteiger partial charge in [0.25, 0.3) is 0 Å². The minimum Gasteiger partial charge on any atom is -0.462 e. The quantitative estimate of drug-likeness (QED) is 0.00673. The summed E-state index contributed by atoms with van der Waals surface area (Å²) in [6, 6.07) is 0. The molecule has 2 heterocycles.